The SMILES string of the molecule is CCCNc1ncc(Br)cc1C(=O)O. The Morgan fingerprint density at radius 2 is 2.43 bits per heavy atom. The highest BCUT2D eigenvalue weighted by Gasteiger charge is 2.11. The fraction of sp³-hybridized carbons (Fsp3) is 0.333. The van der Waals surface area contributed by atoms with Gasteiger partial charge in [0, 0.05) is 17.2 Å². The van der Waals surface area contributed by atoms with Gasteiger partial charge in [0.1, 0.15) is 11.4 Å². The molecule has 0 aliphatic rings. The van der Waals surface area contributed by atoms with E-state index in [-0.39, 0.29) is 5.56 Å². The van der Waals surface area contributed by atoms with Crippen LogP contribution >= 0.6 is 15.9 Å². The van der Waals surface area contributed by atoms with Crippen molar-refractivity contribution in [3.05, 3.63) is 22.3 Å². The van der Waals surface area contributed by atoms with E-state index in [0.29, 0.717) is 10.3 Å². The lowest BCUT2D eigenvalue weighted by Gasteiger charge is -2.07. The van der Waals surface area contributed by atoms with Crippen molar-refractivity contribution in [1.82, 2.24) is 4.98 Å². The predicted molar refractivity (Wildman–Crippen MR) is 57.7 cm³/mol. The molecule has 0 saturated heterocycles. The van der Waals surface area contributed by atoms with Crippen molar-refractivity contribution in [3.8, 4) is 0 Å². The lowest BCUT2D eigenvalue weighted by molar-refractivity contribution is 0.0697. The molecule has 0 unspecified atom stereocenters. The fourth-order valence-corrected chi connectivity index (χ4v) is 1.32. The summed E-state index contributed by atoms with van der Waals surface area (Å²) in [5.74, 6) is -0.556. The standard InChI is InChI=1S/C9H11BrN2O2/c1-2-3-11-8-7(9(13)14)4-6(10)5-12-8/h4-5H,2-3H2,1H3,(H,11,12)(H,13,14). The van der Waals surface area contributed by atoms with Gasteiger partial charge in [-0.15, -0.1) is 0 Å². The molecule has 1 heterocycles. The van der Waals surface area contributed by atoms with Gasteiger partial charge in [-0.05, 0) is 28.4 Å². The van der Waals surface area contributed by atoms with Crippen LogP contribution in [-0.2, 0) is 0 Å². The van der Waals surface area contributed by atoms with Gasteiger partial charge in [-0.2, -0.15) is 0 Å². The number of carboxylic acid groups (broad SMARTS) is 1. The molecule has 0 saturated carbocycles. The molecule has 4 nitrogen and oxygen atoms in total. The van der Waals surface area contributed by atoms with Crippen molar-refractivity contribution in [2.45, 2.75) is 13.3 Å². The highest BCUT2D eigenvalue weighted by Crippen LogP contribution is 2.17. The van der Waals surface area contributed by atoms with Gasteiger partial charge in [0.15, 0.2) is 0 Å². The summed E-state index contributed by atoms with van der Waals surface area (Å²) in [6, 6.07) is 1.54. The summed E-state index contributed by atoms with van der Waals surface area (Å²) in [5, 5.41) is 11.8. The molecule has 76 valence electrons. The largest absolute Gasteiger partial charge is 0.478 e. The van der Waals surface area contributed by atoms with Gasteiger partial charge in [-0.1, -0.05) is 6.92 Å². The lowest BCUT2D eigenvalue weighted by atomic mass is 10.2. The summed E-state index contributed by atoms with van der Waals surface area (Å²) in [6.45, 7) is 2.72. The minimum absolute atomic E-state index is 0.188. The van der Waals surface area contributed by atoms with Crippen molar-refractivity contribution in [3.63, 3.8) is 0 Å². The van der Waals surface area contributed by atoms with Crippen LogP contribution in [0.3, 0.4) is 0 Å². The maximum Gasteiger partial charge on any atom is 0.339 e. The number of hydrogen-bond donors (Lipinski definition) is 2. The highest BCUT2D eigenvalue weighted by atomic mass is 79.9. The van der Waals surface area contributed by atoms with E-state index < -0.39 is 5.97 Å². The van der Waals surface area contributed by atoms with Crippen LogP contribution in [0.5, 0.6) is 0 Å². The average Bonchev–Trinajstić information content (AvgIpc) is 2.15. The minimum Gasteiger partial charge on any atom is -0.478 e. The Morgan fingerprint density at radius 3 is 3.00 bits per heavy atom. The molecule has 0 amide bonds. The van der Waals surface area contributed by atoms with E-state index in [4.69, 9.17) is 5.11 Å². The third kappa shape index (κ3) is 2.70. The van der Waals surface area contributed by atoms with Crippen LogP contribution in [0.25, 0.3) is 0 Å². The summed E-state index contributed by atoms with van der Waals surface area (Å²) < 4.78 is 0.664. The summed E-state index contributed by atoms with van der Waals surface area (Å²) >= 11 is 3.18. The van der Waals surface area contributed by atoms with E-state index in [2.05, 4.69) is 26.2 Å². The van der Waals surface area contributed by atoms with E-state index in [1.807, 2.05) is 6.92 Å². The maximum atomic E-state index is 10.8. The van der Waals surface area contributed by atoms with Crippen molar-refractivity contribution in [1.29, 1.82) is 0 Å². The first kappa shape index (κ1) is 11.0. The van der Waals surface area contributed by atoms with Crippen molar-refractivity contribution >= 4 is 27.7 Å². The molecule has 14 heavy (non-hydrogen) atoms. The molecule has 1 rings (SSSR count). The molecule has 0 aromatic carbocycles. The maximum absolute atomic E-state index is 10.8. The molecule has 0 atom stereocenters. The van der Waals surface area contributed by atoms with Crippen LogP contribution in [0, 0.1) is 0 Å². The molecule has 0 spiro atoms. The summed E-state index contributed by atoms with van der Waals surface area (Å²) in [5.41, 5.74) is 0.188. The normalized spacial score (nSPS) is 9.86. The van der Waals surface area contributed by atoms with Crippen molar-refractivity contribution in [2.75, 3.05) is 11.9 Å². The second-order valence-electron chi connectivity index (χ2n) is 2.78. The van der Waals surface area contributed by atoms with Crippen LogP contribution in [0.4, 0.5) is 5.82 Å². The van der Waals surface area contributed by atoms with Gasteiger partial charge in [-0.25, -0.2) is 9.78 Å². The average molecular weight is 259 g/mol. The van der Waals surface area contributed by atoms with E-state index in [1.165, 1.54) is 6.07 Å². The molecule has 1 aromatic heterocycles. The van der Waals surface area contributed by atoms with Crippen molar-refractivity contribution in [2.24, 2.45) is 0 Å². The Bertz CT molecular complexity index is 342. The Labute approximate surface area is 90.5 Å². The Morgan fingerprint density at radius 1 is 1.71 bits per heavy atom. The number of nitrogens with one attached hydrogen (secondary N) is 1. The zero-order valence-corrected chi connectivity index (χ0v) is 9.34. The van der Waals surface area contributed by atoms with Gasteiger partial charge >= 0.3 is 5.97 Å². The summed E-state index contributed by atoms with van der Waals surface area (Å²) in [7, 11) is 0. The molecule has 5 heteroatoms. The van der Waals surface area contributed by atoms with E-state index >= 15 is 0 Å². The summed E-state index contributed by atoms with van der Waals surface area (Å²) in [4.78, 5) is 14.8. The second-order valence-corrected chi connectivity index (χ2v) is 3.70. The second kappa shape index (κ2) is 4.95. The molecule has 2 N–H and O–H groups in total. The van der Waals surface area contributed by atoms with Gasteiger partial charge in [0.2, 0.25) is 0 Å². The number of aromatic nitrogens is 1. The fourth-order valence-electron chi connectivity index (χ4n) is 0.987. The van der Waals surface area contributed by atoms with Gasteiger partial charge < -0.3 is 10.4 Å². The molecule has 0 aliphatic heterocycles. The number of carboxylic acids is 1. The molecule has 1 aromatic rings. The smallest absolute Gasteiger partial charge is 0.339 e. The monoisotopic (exact) mass is 258 g/mol. The number of nitrogens with zero attached hydrogens (tertiary/aromatic N) is 1. The zero-order valence-electron chi connectivity index (χ0n) is 7.75. The number of pyridine rings is 1. The molecular weight excluding hydrogens is 248 g/mol. The Balaban J connectivity index is 2.96. The number of aromatic carboxylic acids is 1. The van der Waals surface area contributed by atoms with E-state index in [9.17, 15) is 4.79 Å². The molecular formula is C9H11BrN2O2. The predicted octanol–water partition coefficient (Wildman–Crippen LogP) is 2.36. The number of carbonyl (C=O) groups is 1. The number of anilines is 1. The third-order valence-corrected chi connectivity index (χ3v) is 2.06. The number of hydrogen-bond acceptors (Lipinski definition) is 3. The minimum atomic E-state index is -0.975. The van der Waals surface area contributed by atoms with E-state index in [1.54, 1.807) is 6.20 Å². The quantitative estimate of drug-likeness (QED) is 0.871. The Kier molecular flexibility index (Phi) is 3.88. The number of rotatable bonds is 4. The first-order chi connectivity index (χ1) is 6.65. The topological polar surface area (TPSA) is 62.2 Å². The third-order valence-electron chi connectivity index (χ3n) is 1.63. The van der Waals surface area contributed by atoms with E-state index in [0.717, 1.165) is 13.0 Å². The molecule has 0 fully saturated rings. The van der Waals surface area contributed by atoms with Crippen LogP contribution in [0.1, 0.15) is 23.7 Å². The lowest BCUT2D eigenvalue weighted by Crippen LogP contribution is -2.08. The van der Waals surface area contributed by atoms with Gasteiger partial charge in [-0.3, -0.25) is 0 Å². The Hall–Kier alpha value is -1.10. The van der Waals surface area contributed by atoms with Crippen LogP contribution in [0.15, 0.2) is 16.7 Å². The zero-order chi connectivity index (χ0) is 10.6. The first-order valence-corrected chi connectivity index (χ1v) is 5.07. The van der Waals surface area contributed by atoms with Gasteiger partial charge in [0.05, 0.1) is 0 Å². The number of halogens is 1. The van der Waals surface area contributed by atoms with Crippen LogP contribution in [0.2, 0.25) is 0 Å². The highest BCUT2D eigenvalue weighted by molar-refractivity contribution is 9.10. The molecule has 0 bridgehead atoms. The van der Waals surface area contributed by atoms with Crippen LogP contribution in [-0.4, -0.2) is 22.6 Å². The summed E-state index contributed by atoms with van der Waals surface area (Å²) in [6.07, 6.45) is 2.50. The van der Waals surface area contributed by atoms with Crippen molar-refractivity contribution < 1.29 is 9.90 Å². The molecule has 0 aliphatic carbocycles. The molecule has 0 radical (unpaired) electrons. The van der Waals surface area contributed by atoms with Crippen LogP contribution < -0.4 is 5.32 Å². The first-order valence-electron chi connectivity index (χ1n) is 4.28. The van der Waals surface area contributed by atoms with Gasteiger partial charge in [0.25, 0.3) is 0 Å².